The molecule has 76 valence electrons. The molecule has 0 atom stereocenters. The average Bonchev–Trinajstić information content (AvgIpc) is 2.10. The quantitative estimate of drug-likeness (QED) is 0.645. The Morgan fingerprint density at radius 2 is 1.71 bits per heavy atom. The predicted octanol–water partition coefficient (Wildman–Crippen LogP) is 4.29. The van der Waals surface area contributed by atoms with E-state index in [1.54, 1.807) is 0 Å². The summed E-state index contributed by atoms with van der Waals surface area (Å²) >= 11 is 5.93. The third-order valence-electron chi connectivity index (χ3n) is 2.16. The first-order valence-corrected chi connectivity index (χ1v) is 5.23. The molecule has 2 heteroatoms. The van der Waals surface area contributed by atoms with E-state index >= 15 is 0 Å². The van der Waals surface area contributed by atoms with Gasteiger partial charge in [-0.3, -0.25) is 0 Å². The van der Waals surface area contributed by atoms with Gasteiger partial charge in [0.2, 0.25) is 0 Å². The number of hydrogen-bond acceptors (Lipinski definition) is 1. The molecular formula is C12H16ClN. The number of aliphatic imine (C=N–C) groups is 1. The van der Waals surface area contributed by atoms with E-state index < -0.39 is 0 Å². The molecule has 14 heavy (non-hydrogen) atoms. The average molecular weight is 210 g/mol. The number of nitrogens with zero attached hydrogens (tertiary/aromatic N) is 1. The lowest BCUT2D eigenvalue weighted by molar-refractivity contribution is 1.25. The summed E-state index contributed by atoms with van der Waals surface area (Å²) in [6.07, 6.45) is 0.786. The zero-order valence-corrected chi connectivity index (χ0v) is 9.94. The molecule has 0 aromatic heterocycles. The highest BCUT2D eigenvalue weighted by atomic mass is 35.5. The fraction of sp³-hybridized carbons (Fsp3) is 0.417. The molecule has 0 spiro atoms. The topological polar surface area (TPSA) is 12.4 Å². The first-order valence-electron chi connectivity index (χ1n) is 4.85. The first kappa shape index (κ1) is 11.3. The van der Waals surface area contributed by atoms with Crippen LogP contribution in [-0.2, 0) is 0 Å². The highest BCUT2D eigenvalue weighted by Gasteiger charge is 2.02. The molecule has 0 aliphatic rings. The minimum Gasteiger partial charge on any atom is -0.241 e. The van der Waals surface area contributed by atoms with Crippen molar-refractivity contribution in [2.75, 3.05) is 0 Å². The highest BCUT2D eigenvalue weighted by Crippen LogP contribution is 2.25. The van der Waals surface area contributed by atoms with Gasteiger partial charge in [0.1, 0.15) is 5.17 Å². The monoisotopic (exact) mass is 209 g/mol. The van der Waals surface area contributed by atoms with E-state index in [2.05, 4.69) is 37.9 Å². The van der Waals surface area contributed by atoms with E-state index in [-0.39, 0.29) is 0 Å². The lowest BCUT2D eigenvalue weighted by Crippen LogP contribution is -1.87. The van der Waals surface area contributed by atoms with Crippen LogP contribution in [0.4, 0.5) is 5.69 Å². The van der Waals surface area contributed by atoms with Gasteiger partial charge in [-0.25, -0.2) is 4.99 Å². The number of halogens is 1. The van der Waals surface area contributed by atoms with Crippen molar-refractivity contribution >= 4 is 22.5 Å². The molecule has 0 bridgehead atoms. The van der Waals surface area contributed by atoms with Gasteiger partial charge < -0.3 is 0 Å². The van der Waals surface area contributed by atoms with Crippen LogP contribution in [0.2, 0.25) is 0 Å². The number of hydrogen-bond donors (Lipinski definition) is 0. The highest BCUT2D eigenvalue weighted by molar-refractivity contribution is 6.65. The summed E-state index contributed by atoms with van der Waals surface area (Å²) in [6.45, 7) is 8.23. The Morgan fingerprint density at radius 1 is 1.21 bits per heavy atom. The van der Waals surface area contributed by atoms with Gasteiger partial charge in [-0.2, -0.15) is 0 Å². The van der Waals surface area contributed by atoms with Crippen molar-refractivity contribution < 1.29 is 0 Å². The van der Waals surface area contributed by atoms with E-state index in [0.717, 1.165) is 12.1 Å². The minimum absolute atomic E-state index is 0.667. The van der Waals surface area contributed by atoms with E-state index in [1.807, 2.05) is 6.92 Å². The third kappa shape index (κ3) is 2.58. The summed E-state index contributed by atoms with van der Waals surface area (Å²) in [7, 11) is 0. The van der Waals surface area contributed by atoms with E-state index in [1.165, 1.54) is 16.7 Å². The number of rotatable bonds is 2. The van der Waals surface area contributed by atoms with Crippen LogP contribution in [0.3, 0.4) is 0 Å². The van der Waals surface area contributed by atoms with Crippen molar-refractivity contribution in [2.45, 2.75) is 34.1 Å². The van der Waals surface area contributed by atoms with Crippen LogP contribution in [0.5, 0.6) is 0 Å². The second-order valence-electron chi connectivity index (χ2n) is 3.59. The third-order valence-corrected chi connectivity index (χ3v) is 2.51. The molecule has 1 rings (SSSR count). The summed E-state index contributed by atoms with van der Waals surface area (Å²) in [5.74, 6) is 0. The Kier molecular flexibility index (Phi) is 3.70. The number of benzene rings is 1. The van der Waals surface area contributed by atoms with Crippen LogP contribution in [0.1, 0.15) is 30.0 Å². The molecule has 0 heterocycles. The van der Waals surface area contributed by atoms with Crippen molar-refractivity contribution in [3.05, 3.63) is 28.8 Å². The normalized spacial score (nSPS) is 11.9. The van der Waals surface area contributed by atoms with Gasteiger partial charge in [-0.15, -0.1) is 0 Å². The van der Waals surface area contributed by atoms with E-state index in [4.69, 9.17) is 11.6 Å². The molecule has 1 aromatic carbocycles. The standard InChI is InChI=1S/C12H16ClN/c1-5-11(13)14-12-9(3)6-8(2)7-10(12)4/h6-7H,5H2,1-4H3. The maximum Gasteiger partial charge on any atom is 0.106 e. The largest absolute Gasteiger partial charge is 0.241 e. The summed E-state index contributed by atoms with van der Waals surface area (Å²) in [5, 5.41) is 0.667. The van der Waals surface area contributed by atoms with Gasteiger partial charge in [0.15, 0.2) is 0 Å². The van der Waals surface area contributed by atoms with Crippen molar-refractivity contribution in [3.8, 4) is 0 Å². The molecule has 0 radical (unpaired) electrons. The second-order valence-corrected chi connectivity index (χ2v) is 4.03. The molecule has 0 saturated heterocycles. The summed E-state index contributed by atoms with van der Waals surface area (Å²) < 4.78 is 0. The Balaban J connectivity index is 3.21. The van der Waals surface area contributed by atoms with Gasteiger partial charge in [0.25, 0.3) is 0 Å². The maximum absolute atomic E-state index is 5.93. The van der Waals surface area contributed by atoms with Crippen LogP contribution in [0.25, 0.3) is 0 Å². The maximum atomic E-state index is 5.93. The molecule has 0 fully saturated rings. The van der Waals surface area contributed by atoms with Crippen molar-refractivity contribution in [2.24, 2.45) is 4.99 Å². The molecule has 1 aromatic rings. The SMILES string of the molecule is CCC(Cl)=Nc1c(C)cc(C)cc1C. The zero-order chi connectivity index (χ0) is 10.7. The lowest BCUT2D eigenvalue weighted by atomic mass is 10.1. The lowest BCUT2D eigenvalue weighted by Gasteiger charge is -2.06. The number of aryl methyl sites for hydroxylation is 3. The molecule has 0 aliphatic heterocycles. The van der Waals surface area contributed by atoms with Crippen LogP contribution in [-0.4, -0.2) is 5.17 Å². The van der Waals surface area contributed by atoms with Crippen LogP contribution in [0, 0.1) is 20.8 Å². The van der Waals surface area contributed by atoms with Crippen molar-refractivity contribution in [3.63, 3.8) is 0 Å². The zero-order valence-electron chi connectivity index (χ0n) is 9.19. The van der Waals surface area contributed by atoms with Crippen LogP contribution in [0.15, 0.2) is 17.1 Å². The molecule has 0 N–H and O–H groups in total. The minimum atomic E-state index is 0.667. The van der Waals surface area contributed by atoms with Crippen LogP contribution < -0.4 is 0 Å². The van der Waals surface area contributed by atoms with Gasteiger partial charge >= 0.3 is 0 Å². The van der Waals surface area contributed by atoms with E-state index in [0.29, 0.717) is 5.17 Å². The Hall–Kier alpha value is -0.820. The molecule has 1 nitrogen and oxygen atoms in total. The Labute approximate surface area is 90.8 Å². The summed E-state index contributed by atoms with van der Waals surface area (Å²) in [4.78, 5) is 4.40. The fourth-order valence-corrected chi connectivity index (χ4v) is 1.63. The smallest absolute Gasteiger partial charge is 0.106 e. The Morgan fingerprint density at radius 3 is 2.14 bits per heavy atom. The second kappa shape index (κ2) is 4.61. The molecule has 0 aliphatic carbocycles. The molecule has 0 saturated carbocycles. The van der Waals surface area contributed by atoms with Crippen molar-refractivity contribution in [1.29, 1.82) is 0 Å². The van der Waals surface area contributed by atoms with Gasteiger partial charge in [0, 0.05) is 0 Å². The van der Waals surface area contributed by atoms with Crippen LogP contribution >= 0.6 is 11.6 Å². The summed E-state index contributed by atoms with van der Waals surface area (Å²) in [5.41, 5.74) is 4.66. The summed E-state index contributed by atoms with van der Waals surface area (Å²) in [6, 6.07) is 4.26. The first-order chi connectivity index (χ1) is 6.54. The predicted molar refractivity (Wildman–Crippen MR) is 63.9 cm³/mol. The van der Waals surface area contributed by atoms with Gasteiger partial charge in [-0.05, 0) is 38.3 Å². The van der Waals surface area contributed by atoms with Gasteiger partial charge in [-0.1, -0.05) is 36.2 Å². The molecule has 0 amide bonds. The Bertz CT molecular complexity index is 344. The molecule has 0 unspecified atom stereocenters. The van der Waals surface area contributed by atoms with E-state index in [9.17, 15) is 0 Å². The fourth-order valence-electron chi connectivity index (χ4n) is 1.55. The van der Waals surface area contributed by atoms with Gasteiger partial charge in [0.05, 0.1) is 5.69 Å². The van der Waals surface area contributed by atoms with Crippen molar-refractivity contribution in [1.82, 2.24) is 0 Å². The molecular weight excluding hydrogens is 194 g/mol.